The number of nitrogens with zero attached hydrogens (tertiary/aromatic N) is 1. The Labute approximate surface area is 103 Å². The average Bonchev–Trinajstić information content (AvgIpc) is 2.80. The van der Waals surface area contributed by atoms with Crippen LogP contribution in [0, 0.1) is 0 Å². The first-order valence-corrected chi connectivity index (χ1v) is 6.57. The van der Waals surface area contributed by atoms with Crippen LogP contribution >= 0.6 is 11.6 Å². The van der Waals surface area contributed by atoms with Crippen molar-refractivity contribution >= 4 is 21.6 Å². The van der Waals surface area contributed by atoms with E-state index in [2.05, 4.69) is 9.71 Å². The van der Waals surface area contributed by atoms with Gasteiger partial charge in [0.15, 0.2) is 0 Å². The van der Waals surface area contributed by atoms with Crippen LogP contribution in [0.5, 0.6) is 0 Å². The SMILES string of the molecule is O=S(=O)(NCc1ccoc1)c1cccnc1Cl. The molecule has 0 bridgehead atoms. The van der Waals surface area contributed by atoms with E-state index >= 15 is 0 Å². The molecule has 2 heterocycles. The van der Waals surface area contributed by atoms with Gasteiger partial charge < -0.3 is 4.42 Å². The van der Waals surface area contributed by atoms with Crippen LogP contribution in [-0.2, 0) is 16.6 Å². The molecule has 0 saturated carbocycles. The summed E-state index contributed by atoms with van der Waals surface area (Å²) in [6.45, 7) is 0.143. The van der Waals surface area contributed by atoms with Gasteiger partial charge in [0.25, 0.3) is 0 Å². The number of pyridine rings is 1. The fourth-order valence-electron chi connectivity index (χ4n) is 1.22. The summed E-state index contributed by atoms with van der Waals surface area (Å²) in [6.07, 6.45) is 4.37. The molecule has 2 aromatic heterocycles. The van der Waals surface area contributed by atoms with Gasteiger partial charge in [-0.15, -0.1) is 0 Å². The second kappa shape index (κ2) is 4.87. The molecule has 0 saturated heterocycles. The van der Waals surface area contributed by atoms with Crippen LogP contribution in [0.25, 0.3) is 0 Å². The Morgan fingerprint density at radius 3 is 2.88 bits per heavy atom. The van der Waals surface area contributed by atoms with E-state index in [1.165, 1.54) is 30.9 Å². The molecule has 0 atom stereocenters. The zero-order valence-corrected chi connectivity index (χ0v) is 10.2. The van der Waals surface area contributed by atoms with Crippen molar-refractivity contribution in [3.63, 3.8) is 0 Å². The topological polar surface area (TPSA) is 72.2 Å². The molecule has 17 heavy (non-hydrogen) atoms. The molecule has 0 spiro atoms. The van der Waals surface area contributed by atoms with Crippen LogP contribution in [-0.4, -0.2) is 13.4 Å². The number of aromatic nitrogens is 1. The molecular weight excluding hydrogens is 264 g/mol. The number of hydrogen-bond acceptors (Lipinski definition) is 4. The van der Waals surface area contributed by atoms with Crippen LogP contribution in [0.3, 0.4) is 0 Å². The van der Waals surface area contributed by atoms with Gasteiger partial charge in [-0.25, -0.2) is 18.1 Å². The van der Waals surface area contributed by atoms with Gasteiger partial charge in [0.05, 0.1) is 12.5 Å². The Morgan fingerprint density at radius 2 is 2.24 bits per heavy atom. The van der Waals surface area contributed by atoms with Crippen LogP contribution in [0.2, 0.25) is 5.15 Å². The predicted molar refractivity (Wildman–Crippen MR) is 62.0 cm³/mol. The van der Waals surface area contributed by atoms with E-state index in [9.17, 15) is 8.42 Å². The van der Waals surface area contributed by atoms with Gasteiger partial charge in [-0.1, -0.05) is 11.6 Å². The van der Waals surface area contributed by atoms with Crippen molar-refractivity contribution in [2.45, 2.75) is 11.4 Å². The molecule has 5 nitrogen and oxygen atoms in total. The summed E-state index contributed by atoms with van der Waals surface area (Å²) < 4.78 is 31.0. The lowest BCUT2D eigenvalue weighted by atomic mass is 10.4. The summed E-state index contributed by atoms with van der Waals surface area (Å²) in [4.78, 5) is 3.68. The Balaban J connectivity index is 2.17. The number of sulfonamides is 1. The number of nitrogens with one attached hydrogen (secondary N) is 1. The summed E-state index contributed by atoms with van der Waals surface area (Å²) in [5.41, 5.74) is 0.730. The van der Waals surface area contributed by atoms with Crippen molar-refractivity contribution in [1.29, 1.82) is 0 Å². The second-order valence-corrected chi connectivity index (χ2v) is 5.34. The highest BCUT2D eigenvalue weighted by atomic mass is 35.5. The molecular formula is C10H9ClN2O3S. The van der Waals surface area contributed by atoms with Gasteiger partial charge in [0.2, 0.25) is 10.0 Å². The zero-order valence-electron chi connectivity index (χ0n) is 8.63. The van der Waals surface area contributed by atoms with Crippen LogP contribution < -0.4 is 4.72 Å². The first-order chi connectivity index (χ1) is 8.09. The zero-order chi connectivity index (χ0) is 12.3. The Kier molecular flexibility index (Phi) is 3.46. The summed E-state index contributed by atoms with van der Waals surface area (Å²) in [5, 5.41) is -0.0489. The summed E-state index contributed by atoms with van der Waals surface area (Å²) in [7, 11) is -3.65. The highest BCUT2D eigenvalue weighted by Crippen LogP contribution is 2.17. The number of hydrogen-bond donors (Lipinski definition) is 1. The maximum Gasteiger partial charge on any atom is 0.243 e. The van der Waals surface area contributed by atoms with Crippen molar-refractivity contribution in [3.05, 3.63) is 47.6 Å². The van der Waals surface area contributed by atoms with Gasteiger partial charge in [-0.2, -0.15) is 0 Å². The molecule has 2 rings (SSSR count). The van der Waals surface area contributed by atoms with Crippen LogP contribution in [0.15, 0.2) is 46.2 Å². The lowest BCUT2D eigenvalue weighted by molar-refractivity contribution is 0.561. The lowest BCUT2D eigenvalue weighted by Crippen LogP contribution is -2.23. The fourth-order valence-corrected chi connectivity index (χ4v) is 2.69. The third-order valence-corrected chi connectivity index (χ3v) is 3.91. The number of rotatable bonds is 4. The maximum atomic E-state index is 11.9. The van der Waals surface area contributed by atoms with Crippen molar-refractivity contribution in [3.8, 4) is 0 Å². The first kappa shape index (κ1) is 12.1. The quantitative estimate of drug-likeness (QED) is 0.862. The minimum atomic E-state index is -3.65. The molecule has 0 aliphatic heterocycles. The molecule has 0 radical (unpaired) electrons. The highest BCUT2D eigenvalue weighted by Gasteiger charge is 2.17. The molecule has 2 aromatic rings. The standard InChI is InChI=1S/C10H9ClN2O3S/c11-10-9(2-1-4-12-10)17(14,15)13-6-8-3-5-16-7-8/h1-5,7,13H,6H2. The molecule has 0 aliphatic rings. The van der Waals surface area contributed by atoms with Gasteiger partial charge in [-0.05, 0) is 18.2 Å². The second-order valence-electron chi connectivity index (χ2n) is 3.25. The van der Waals surface area contributed by atoms with E-state index in [0.29, 0.717) is 0 Å². The molecule has 7 heteroatoms. The molecule has 1 N–H and O–H groups in total. The van der Waals surface area contributed by atoms with E-state index in [-0.39, 0.29) is 16.6 Å². The predicted octanol–water partition coefficient (Wildman–Crippen LogP) is 1.81. The van der Waals surface area contributed by atoms with E-state index in [0.717, 1.165) is 5.56 Å². The molecule has 0 aliphatic carbocycles. The van der Waals surface area contributed by atoms with Crippen molar-refractivity contribution in [2.24, 2.45) is 0 Å². The first-order valence-electron chi connectivity index (χ1n) is 4.71. The third-order valence-electron chi connectivity index (χ3n) is 2.06. The summed E-state index contributed by atoms with van der Waals surface area (Å²) in [6, 6.07) is 4.58. The average molecular weight is 273 g/mol. The Hall–Kier alpha value is -1.37. The molecule has 90 valence electrons. The van der Waals surface area contributed by atoms with Crippen molar-refractivity contribution in [2.75, 3.05) is 0 Å². The van der Waals surface area contributed by atoms with Crippen molar-refractivity contribution in [1.82, 2.24) is 9.71 Å². The number of halogens is 1. The van der Waals surface area contributed by atoms with Gasteiger partial charge >= 0.3 is 0 Å². The summed E-state index contributed by atoms with van der Waals surface area (Å²) >= 11 is 5.72. The van der Waals surface area contributed by atoms with Gasteiger partial charge in [0, 0.05) is 18.3 Å². The van der Waals surface area contributed by atoms with E-state index in [1.54, 1.807) is 6.07 Å². The fraction of sp³-hybridized carbons (Fsp3) is 0.100. The van der Waals surface area contributed by atoms with Gasteiger partial charge in [-0.3, -0.25) is 0 Å². The lowest BCUT2D eigenvalue weighted by Gasteiger charge is -2.06. The molecule has 0 amide bonds. The van der Waals surface area contributed by atoms with Crippen LogP contribution in [0.1, 0.15) is 5.56 Å². The third kappa shape index (κ3) is 2.85. The minimum Gasteiger partial charge on any atom is -0.472 e. The Bertz CT molecular complexity index is 596. The highest BCUT2D eigenvalue weighted by molar-refractivity contribution is 7.89. The smallest absolute Gasteiger partial charge is 0.243 e. The molecule has 0 aromatic carbocycles. The van der Waals surface area contributed by atoms with E-state index in [1.807, 2.05) is 0 Å². The number of furan rings is 1. The molecule has 0 unspecified atom stereocenters. The van der Waals surface area contributed by atoms with E-state index in [4.69, 9.17) is 16.0 Å². The monoisotopic (exact) mass is 272 g/mol. The maximum absolute atomic E-state index is 11.9. The van der Waals surface area contributed by atoms with Crippen molar-refractivity contribution < 1.29 is 12.8 Å². The van der Waals surface area contributed by atoms with Crippen LogP contribution in [0.4, 0.5) is 0 Å². The summed E-state index contributed by atoms with van der Waals surface area (Å²) in [5.74, 6) is 0. The largest absolute Gasteiger partial charge is 0.472 e. The normalized spacial score (nSPS) is 11.6. The van der Waals surface area contributed by atoms with E-state index < -0.39 is 10.0 Å². The Morgan fingerprint density at radius 1 is 1.41 bits per heavy atom. The molecule has 0 fully saturated rings. The van der Waals surface area contributed by atoms with Gasteiger partial charge in [0.1, 0.15) is 10.0 Å². The minimum absolute atomic E-state index is 0.0369.